The Balaban J connectivity index is 1.72. The van der Waals surface area contributed by atoms with Gasteiger partial charge in [-0.15, -0.1) is 0 Å². The van der Waals surface area contributed by atoms with E-state index >= 15 is 0 Å². The number of carbonyl (C=O) groups is 1. The largest absolute Gasteiger partial charge is 0.429 e. The summed E-state index contributed by atoms with van der Waals surface area (Å²) < 4.78 is 10.5. The Bertz CT molecular complexity index is 659. The van der Waals surface area contributed by atoms with Crippen molar-refractivity contribution in [3.8, 4) is 0 Å². The zero-order valence-corrected chi connectivity index (χ0v) is 16.8. The summed E-state index contributed by atoms with van der Waals surface area (Å²) in [7, 11) is 0. The van der Waals surface area contributed by atoms with E-state index in [2.05, 4.69) is 13.5 Å². The number of hydrogen-bond donors (Lipinski definition) is 5. The standard InChI is InChI=1S/C21H32O8/c1-9-4-5-12(14-6-10(2)15(23)7-13(9)14)11(3)20(27)29-21-19(26)18(25)17(24)16(8-22)28-21/h6,9,12-19,21-26H,3-5,7-8H2,1-2H3/t9-,12+,13+,14-,15+,16-,17-,18+,19-,21+/m1/s1. The molecule has 0 bridgehead atoms. The van der Waals surface area contributed by atoms with Crippen LogP contribution < -0.4 is 0 Å². The molecule has 8 nitrogen and oxygen atoms in total. The van der Waals surface area contributed by atoms with Crippen LogP contribution in [0.25, 0.3) is 0 Å². The third-order valence-electron chi connectivity index (χ3n) is 6.88. The molecule has 10 atom stereocenters. The van der Waals surface area contributed by atoms with E-state index in [0.717, 1.165) is 18.4 Å². The van der Waals surface area contributed by atoms with E-state index in [1.807, 2.05) is 13.0 Å². The number of ether oxygens (including phenoxy) is 2. The van der Waals surface area contributed by atoms with Crippen LogP contribution >= 0.6 is 0 Å². The number of aliphatic hydroxyl groups excluding tert-OH is 5. The quantitative estimate of drug-likeness (QED) is 0.245. The second-order valence-electron chi connectivity index (χ2n) is 8.69. The van der Waals surface area contributed by atoms with Gasteiger partial charge < -0.3 is 35.0 Å². The van der Waals surface area contributed by atoms with Gasteiger partial charge in [0.15, 0.2) is 0 Å². The number of hydrogen-bond acceptors (Lipinski definition) is 8. The van der Waals surface area contributed by atoms with E-state index in [-0.39, 0.29) is 23.3 Å². The van der Waals surface area contributed by atoms with Gasteiger partial charge in [0.2, 0.25) is 6.29 Å². The number of fused-ring (bicyclic) bond motifs is 1. The highest BCUT2D eigenvalue weighted by molar-refractivity contribution is 5.88. The molecule has 0 radical (unpaired) electrons. The molecule has 1 saturated carbocycles. The molecule has 0 aromatic carbocycles. The Hall–Kier alpha value is -1.29. The molecule has 8 heteroatoms. The molecule has 2 fully saturated rings. The Labute approximate surface area is 170 Å². The van der Waals surface area contributed by atoms with Crippen LogP contribution in [0.1, 0.15) is 33.1 Å². The average molecular weight is 412 g/mol. The van der Waals surface area contributed by atoms with Gasteiger partial charge in [-0.3, -0.25) is 0 Å². The Morgan fingerprint density at radius 2 is 1.90 bits per heavy atom. The third kappa shape index (κ3) is 4.28. The van der Waals surface area contributed by atoms with Crippen LogP contribution in [0, 0.1) is 23.7 Å². The van der Waals surface area contributed by atoms with Crippen molar-refractivity contribution in [2.75, 3.05) is 6.61 Å². The lowest BCUT2D eigenvalue weighted by atomic mass is 9.61. The summed E-state index contributed by atoms with van der Waals surface area (Å²) in [5.74, 6) is -0.174. The first-order valence-corrected chi connectivity index (χ1v) is 10.2. The molecule has 1 heterocycles. The second-order valence-corrected chi connectivity index (χ2v) is 8.69. The highest BCUT2D eigenvalue weighted by Crippen LogP contribution is 2.48. The van der Waals surface area contributed by atoms with E-state index < -0.39 is 49.4 Å². The lowest BCUT2D eigenvalue weighted by Crippen LogP contribution is -2.59. The van der Waals surface area contributed by atoms with Crippen LogP contribution in [0.2, 0.25) is 0 Å². The van der Waals surface area contributed by atoms with Gasteiger partial charge in [0.1, 0.15) is 24.4 Å². The van der Waals surface area contributed by atoms with Crippen LogP contribution in [-0.2, 0) is 14.3 Å². The maximum absolute atomic E-state index is 12.8. The fourth-order valence-electron chi connectivity index (χ4n) is 4.92. The molecule has 5 N–H and O–H groups in total. The van der Waals surface area contributed by atoms with E-state index in [1.54, 1.807) is 0 Å². The summed E-state index contributed by atoms with van der Waals surface area (Å²) in [4.78, 5) is 12.8. The summed E-state index contributed by atoms with van der Waals surface area (Å²) in [6.07, 6.45) is -3.56. The molecule has 29 heavy (non-hydrogen) atoms. The molecule has 0 amide bonds. The first-order valence-electron chi connectivity index (χ1n) is 10.2. The minimum Gasteiger partial charge on any atom is -0.429 e. The molecule has 2 aliphatic carbocycles. The summed E-state index contributed by atoms with van der Waals surface area (Å²) in [5.41, 5.74) is 1.14. The van der Waals surface area contributed by atoms with Crippen molar-refractivity contribution in [2.45, 2.75) is 69.9 Å². The van der Waals surface area contributed by atoms with Gasteiger partial charge in [0, 0.05) is 5.57 Å². The smallest absolute Gasteiger partial charge is 0.336 e. The molecule has 1 saturated heterocycles. The van der Waals surface area contributed by atoms with Crippen LogP contribution in [0.4, 0.5) is 0 Å². The summed E-state index contributed by atoms with van der Waals surface area (Å²) in [6, 6.07) is 0. The van der Waals surface area contributed by atoms with Gasteiger partial charge >= 0.3 is 5.97 Å². The van der Waals surface area contributed by atoms with E-state index in [0.29, 0.717) is 12.3 Å². The molecular formula is C21H32O8. The molecule has 0 aromatic rings. The van der Waals surface area contributed by atoms with E-state index in [9.17, 15) is 30.3 Å². The summed E-state index contributed by atoms with van der Waals surface area (Å²) in [6.45, 7) is 7.37. The lowest BCUT2D eigenvalue weighted by Gasteiger charge is -2.45. The Kier molecular flexibility index (Phi) is 6.82. The zero-order chi connectivity index (χ0) is 21.5. The molecule has 3 aliphatic rings. The number of rotatable bonds is 4. The van der Waals surface area contributed by atoms with E-state index in [1.165, 1.54) is 0 Å². The third-order valence-corrected chi connectivity index (χ3v) is 6.88. The maximum atomic E-state index is 12.8. The zero-order valence-electron chi connectivity index (χ0n) is 16.8. The number of carbonyl (C=O) groups excluding carboxylic acids is 1. The van der Waals surface area contributed by atoms with E-state index in [4.69, 9.17) is 9.47 Å². The van der Waals surface area contributed by atoms with Crippen LogP contribution in [0.15, 0.2) is 23.8 Å². The molecule has 0 aromatic heterocycles. The predicted molar refractivity (Wildman–Crippen MR) is 102 cm³/mol. The second kappa shape index (κ2) is 8.83. The molecule has 1 aliphatic heterocycles. The fourth-order valence-corrected chi connectivity index (χ4v) is 4.92. The minimum absolute atomic E-state index is 0.0667. The normalized spacial score (nSPS) is 45.1. The monoisotopic (exact) mass is 412 g/mol. The van der Waals surface area contributed by atoms with Crippen molar-refractivity contribution < 1.29 is 39.8 Å². The first kappa shape index (κ1) is 22.4. The molecular weight excluding hydrogens is 380 g/mol. The number of allylic oxidation sites excluding steroid dienone is 1. The topological polar surface area (TPSA) is 137 Å². The highest BCUT2D eigenvalue weighted by Gasteiger charge is 2.47. The van der Waals surface area contributed by atoms with Crippen molar-refractivity contribution in [2.24, 2.45) is 23.7 Å². The van der Waals surface area contributed by atoms with Crippen molar-refractivity contribution in [1.82, 2.24) is 0 Å². The van der Waals surface area contributed by atoms with Gasteiger partial charge in [-0.05, 0) is 55.4 Å². The lowest BCUT2D eigenvalue weighted by molar-refractivity contribution is -0.291. The van der Waals surface area contributed by atoms with Crippen LogP contribution in [0.3, 0.4) is 0 Å². The highest BCUT2D eigenvalue weighted by atomic mass is 16.7. The predicted octanol–water partition coefficient (Wildman–Crippen LogP) is -0.125. The van der Waals surface area contributed by atoms with Gasteiger partial charge in [-0.2, -0.15) is 0 Å². The average Bonchev–Trinajstić information content (AvgIpc) is 2.69. The van der Waals surface area contributed by atoms with Crippen molar-refractivity contribution >= 4 is 5.97 Å². The number of aliphatic hydroxyl groups is 5. The van der Waals surface area contributed by atoms with Gasteiger partial charge in [0.25, 0.3) is 0 Å². The molecule has 3 rings (SSSR count). The molecule has 0 spiro atoms. The van der Waals surface area contributed by atoms with Crippen molar-refractivity contribution in [1.29, 1.82) is 0 Å². The van der Waals surface area contributed by atoms with Crippen molar-refractivity contribution in [3.63, 3.8) is 0 Å². The Morgan fingerprint density at radius 1 is 1.21 bits per heavy atom. The van der Waals surface area contributed by atoms with Gasteiger partial charge in [0.05, 0.1) is 12.7 Å². The molecule has 164 valence electrons. The summed E-state index contributed by atoms with van der Waals surface area (Å²) >= 11 is 0. The maximum Gasteiger partial charge on any atom is 0.336 e. The fraction of sp³-hybridized carbons (Fsp3) is 0.762. The van der Waals surface area contributed by atoms with Gasteiger partial charge in [-0.1, -0.05) is 19.6 Å². The summed E-state index contributed by atoms with van der Waals surface area (Å²) in [5, 5.41) is 49.3. The Morgan fingerprint density at radius 3 is 2.55 bits per heavy atom. The van der Waals surface area contributed by atoms with Crippen LogP contribution in [0.5, 0.6) is 0 Å². The molecule has 0 unspecified atom stereocenters. The number of esters is 1. The van der Waals surface area contributed by atoms with Crippen molar-refractivity contribution in [3.05, 3.63) is 23.8 Å². The van der Waals surface area contributed by atoms with Gasteiger partial charge in [-0.25, -0.2) is 4.79 Å². The first-order chi connectivity index (χ1) is 13.6. The SMILES string of the molecule is C=C(C(=O)O[C@@H]1O[C@H](CO)[C@@H](O)[C@H](O)[C@H]1O)[C@@H]1CC[C@@H](C)[C@@H]2C[C@H](O)C(C)=C[C@@H]21. The minimum atomic E-state index is -1.64. The van der Waals surface area contributed by atoms with Crippen LogP contribution in [-0.4, -0.2) is 74.9 Å².